The van der Waals surface area contributed by atoms with Crippen molar-refractivity contribution in [1.82, 2.24) is 9.99 Å². The van der Waals surface area contributed by atoms with Crippen molar-refractivity contribution in [3.63, 3.8) is 0 Å². The lowest BCUT2D eigenvalue weighted by molar-refractivity contribution is -0.384. The van der Waals surface area contributed by atoms with Gasteiger partial charge in [0.15, 0.2) is 0 Å². The zero-order chi connectivity index (χ0) is 18.5. The second-order valence-corrected chi connectivity index (χ2v) is 5.78. The highest BCUT2D eigenvalue weighted by Gasteiger charge is 2.08. The zero-order valence-electron chi connectivity index (χ0n) is 14.3. The number of carbonyl (C=O) groups is 1. The van der Waals surface area contributed by atoms with Gasteiger partial charge in [-0.25, -0.2) is 5.43 Å². The third-order valence-corrected chi connectivity index (χ3v) is 4.06. The maximum Gasteiger partial charge on any atom is 0.269 e. The molecule has 0 radical (unpaired) electrons. The molecule has 0 aliphatic heterocycles. The molecule has 26 heavy (non-hydrogen) atoms. The van der Waals surface area contributed by atoms with Crippen LogP contribution in [0.2, 0.25) is 0 Å². The molecular weight excluding hydrogens is 332 g/mol. The van der Waals surface area contributed by atoms with Gasteiger partial charge in [0, 0.05) is 41.3 Å². The summed E-state index contributed by atoms with van der Waals surface area (Å²) in [7, 11) is 0. The van der Waals surface area contributed by atoms with Gasteiger partial charge in [-0.3, -0.25) is 14.9 Å². The maximum absolute atomic E-state index is 12.0. The highest BCUT2D eigenvalue weighted by molar-refractivity contribution is 5.99. The largest absolute Gasteiger partial charge is 0.347 e. The molecule has 0 spiro atoms. The van der Waals surface area contributed by atoms with Crippen molar-refractivity contribution in [1.29, 1.82) is 0 Å². The van der Waals surface area contributed by atoms with Crippen LogP contribution in [-0.2, 0) is 17.8 Å². The predicted molar refractivity (Wildman–Crippen MR) is 100 cm³/mol. The number of non-ortho nitro benzene ring substituents is 1. The summed E-state index contributed by atoms with van der Waals surface area (Å²) in [4.78, 5) is 22.1. The molecule has 7 heteroatoms. The molecule has 0 saturated heterocycles. The van der Waals surface area contributed by atoms with Gasteiger partial charge in [0.25, 0.3) is 5.69 Å². The Morgan fingerprint density at radius 1 is 1.23 bits per heavy atom. The summed E-state index contributed by atoms with van der Waals surface area (Å²) in [5.74, 6) is -0.283. The minimum absolute atomic E-state index is 0.000469. The fraction of sp³-hybridized carbons (Fsp3) is 0.158. The Hall–Kier alpha value is -3.48. The number of fused-ring (bicyclic) bond motifs is 1. The van der Waals surface area contributed by atoms with Crippen molar-refractivity contribution < 1.29 is 9.72 Å². The molecule has 0 fully saturated rings. The maximum atomic E-state index is 12.0. The molecule has 0 atom stereocenters. The van der Waals surface area contributed by atoms with Gasteiger partial charge in [0.05, 0.1) is 17.6 Å². The summed E-state index contributed by atoms with van der Waals surface area (Å²) in [6, 6.07) is 13.9. The van der Waals surface area contributed by atoms with E-state index in [0.29, 0.717) is 5.56 Å². The van der Waals surface area contributed by atoms with Gasteiger partial charge < -0.3 is 4.57 Å². The average molecular weight is 350 g/mol. The number of nitrogens with zero attached hydrogens (tertiary/aromatic N) is 3. The first-order valence-electron chi connectivity index (χ1n) is 8.21. The van der Waals surface area contributed by atoms with Crippen molar-refractivity contribution in [2.45, 2.75) is 19.9 Å². The number of aromatic nitrogens is 1. The summed E-state index contributed by atoms with van der Waals surface area (Å²) in [5, 5.41) is 15.7. The van der Waals surface area contributed by atoms with Crippen LogP contribution < -0.4 is 5.43 Å². The van der Waals surface area contributed by atoms with E-state index in [1.54, 1.807) is 18.3 Å². The van der Waals surface area contributed by atoms with Crippen LogP contribution in [-0.4, -0.2) is 21.6 Å². The summed E-state index contributed by atoms with van der Waals surface area (Å²) < 4.78 is 2.12. The van der Waals surface area contributed by atoms with Crippen molar-refractivity contribution in [2.75, 3.05) is 0 Å². The van der Waals surface area contributed by atoms with Crippen LogP contribution in [0.3, 0.4) is 0 Å². The quantitative estimate of drug-likeness (QED) is 0.420. The molecule has 0 aliphatic rings. The minimum atomic E-state index is -0.471. The Labute approximate surface area is 150 Å². The van der Waals surface area contributed by atoms with Crippen LogP contribution in [0.25, 0.3) is 10.9 Å². The van der Waals surface area contributed by atoms with Gasteiger partial charge in [0.2, 0.25) is 5.91 Å². The smallest absolute Gasteiger partial charge is 0.269 e. The molecule has 0 bridgehead atoms. The van der Waals surface area contributed by atoms with E-state index >= 15 is 0 Å². The molecule has 1 amide bonds. The predicted octanol–water partition coefficient (Wildman–Crippen LogP) is 3.26. The lowest BCUT2D eigenvalue weighted by Gasteiger charge is -2.00. The first kappa shape index (κ1) is 17.3. The molecule has 1 N–H and O–H groups in total. The molecule has 0 unspecified atom stereocenters. The SMILES string of the molecule is CCn1cc(/C=N\NC(=O)Cc2ccc([N+](=O)[O-])cc2)c2ccccc21. The number of hydrogen-bond donors (Lipinski definition) is 1. The van der Waals surface area contributed by atoms with Gasteiger partial charge >= 0.3 is 0 Å². The topological polar surface area (TPSA) is 89.5 Å². The second-order valence-electron chi connectivity index (χ2n) is 5.78. The number of nitro groups is 1. The number of para-hydroxylation sites is 1. The lowest BCUT2D eigenvalue weighted by Crippen LogP contribution is -2.19. The first-order valence-corrected chi connectivity index (χ1v) is 8.21. The van der Waals surface area contributed by atoms with Gasteiger partial charge in [-0.2, -0.15) is 5.10 Å². The standard InChI is InChI=1S/C19H18N4O3/c1-2-22-13-15(17-5-3-4-6-18(17)22)12-20-21-19(24)11-14-7-9-16(10-8-14)23(25)26/h3-10,12-13H,2,11H2,1H3,(H,21,24)/b20-12-. The van der Waals surface area contributed by atoms with Crippen molar-refractivity contribution in [3.8, 4) is 0 Å². The second kappa shape index (κ2) is 7.60. The van der Waals surface area contributed by atoms with E-state index in [0.717, 1.165) is 23.0 Å². The average Bonchev–Trinajstić information content (AvgIpc) is 3.00. The Morgan fingerprint density at radius 3 is 2.65 bits per heavy atom. The molecule has 2 aromatic carbocycles. The van der Waals surface area contributed by atoms with Crippen molar-refractivity contribution in [2.24, 2.45) is 5.10 Å². The molecule has 1 heterocycles. The third kappa shape index (κ3) is 3.77. The molecule has 0 aliphatic carbocycles. The zero-order valence-corrected chi connectivity index (χ0v) is 14.3. The van der Waals surface area contributed by atoms with E-state index < -0.39 is 4.92 Å². The highest BCUT2D eigenvalue weighted by atomic mass is 16.6. The van der Waals surface area contributed by atoms with E-state index in [2.05, 4.69) is 22.0 Å². The number of amides is 1. The van der Waals surface area contributed by atoms with Crippen molar-refractivity contribution in [3.05, 3.63) is 76.0 Å². The number of hydrogen-bond acceptors (Lipinski definition) is 4. The number of aryl methyl sites for hydroxylation is 1. The van der Waals surface area contributed by atoms with Crippen molar-refractivity contribution >= 4 is 28.7 Å². The molecule has 1 aromatic heterocycles. The van der Waals surface area contributed by atoms with Gasteiger partial charge in [-0.1, -0.05) is 30.3 Å². The van der Waals surface area contributed by atoms with Gasteiger partial charge in [-0.15, -0.1) is 0 Å². The number of benzene rings is 2. The Morgan fingerprint density at radius 2 is 1.96 bits per heavy atom. The minimum Gasteiger partial charge on any atom is -0.347 e. The number of hydrazone groups is 1. The summed E-state index contributed by atoms with van der Waals surface area (Å²) >= 11 is 0. The number of rotatable bonds is 6. The van der Waals surface area contributed by atoms with Crippen LogP contribution in [0, 0.1) is 10.1 Å². The van der Waals surface area contributed by atoms with Gasteiger partial charge in [0.1, 0.15) is 0 Å². The Balaban J connectivity index is 1.65. The Bertz CT molecular complexity index is 974. The highest BCUT2D eigenvalue weighted by Crippen LogP contribution is 2.19. The van der Waals surface area contributed by atoms with E-state index in [-0.39, 0.29) is 18.0 Å². The van der Waals surface area contributed by atoms with Crippen LogP contribution in [0.1, 0.15) is 18.1 Å². The molecule has 132 valence electrons. The molecule has 0 saturated carbocycles. The van der Waals surface area contributed by atoms with Crippen LogP contribution in [0.5, 0.6) is 0 Å². The Kier molecular flexibility index (Phi) is 5.07. The summed E-state index contributed by atoms with van der Waals surface area (Å²) in [6.07, 6.45) is 3.73. The van der Waals surface area contributed by atoms with Crippen LogP contribution >= 0.6 is 0 Å². The van der Waals surface area contributed by atoms with E-state index in [4.69, 9.17) is 0 Å². The molecule has 3 rings (SSSR count). The summed E-state index contributed by atoms with van der Waals surface area (Å²) in [6.45, 7) is 2.92. The molecule has 3 aromatic rings. The normalized spacial score (nSPS) is 11.1. The first-order chi connectivity index (χ1) is 12.6. The molecule has 7 nitrogen and oxygen atoms in total. The third-order valence-electron chi connectivity index (χ3n) is 4.06. The van der Waals surface area contributed by atoms with E-state index in [1.165, 1.54) is 12.1 Å². The summed E-state index contributed by atoms with van der Waals surface area (Å²) in [5.41, 5.74) is 5.23. The number of nitrogens with one attached hydrogen (secondary N) is 1. The van der Waals surface area contributed by atoms with E-state index in [1.807, 2.05) is 30.5 Å². The van der Waals surface area contributed by atoms with Crippen LogP contribution in [0.15, 0.2) is 59.8 Å². The van der Waals surface area contributed by atoms with Gasteiger partial charge in [-0.05, 0) is 18.6 Å². The number of carbonyl (C=O) groups excluding carboxylic acids is 1. The van der Waals surface area contributed by atoms with Crippen LogP contribution in [0.4, 0.5) is 5.69 Å². The lowest BCUT2D eigenvalue weighted by atomic mass is 10.1. The number of nitro benzene ring substituents is 1. The van der Waals surface area contributed by atoms with E-state index in [9.17, 15) is 14.9 Å². The fourth-order valence-corrected chi connectivity index (χ4v) is 2.77. The monoisotopic (exact) mass is 350 g/mol. The molecular formula is C19H18N4O3. The fourth-order valence-electron chi connectivity index (χ4n) is 2.77.